The fraction of sp³-hybridized carbons (Fsp3) is 0.641. The number of nitrogens with zero attached hydrogens (tertiary/aromatic N) is 3. The zero-order chi connectivity index (χ0) is 38.5. The van der Waals surface area contributed by atoms with Gasteiger partial charge in [-0.3, -0.25) is 28.9 Å². The summed E-state index contributed by atoms with van der Waals surface area (Å²) >= 11 is 1.21. The highest BCUT2D eigenvalue weighted by Gasteiger charge is 2.37. The molecule has 2 heterocycles. The summed E-state index contributed by atoms with van der Waals surface area (Å²) < 4.78 is 10.7. The molecule has 0 bridgehead atoms. The average Bonchev–Trinajstić information content (AvgIpc) is 3.62. The largest absolute Gasteiger partial charge is 0.469 e. The first-order valence-electron chi connectivity index (χ1n) is 18.5. The van der Waals surface area contributed by atoms with Crippen LogP contribution in [0.1, 0.15) is 107 Å². The summed E-state index contributed by atoms with van der Waals surface area (Å²) in [4.78, 5) is 74.1. The van der Waals surface area contributed by atoms with Gasteiger partial charge in [-0.2, -0.15) is 0 Å². The summed E-state index contributed by atoms with van der Waals surface area (Å²) in [6.07, 6.45) is 3.77. The minimum Gasteiger partial charge on any atom is -0.469 e. The van der Waals surface area contributed by atoms with E-state index in [1.165, 1.54) is 25.4 Å². The van der Waals surface area contributed by atoms with Crippen LogP contribution in [0.5, 0.6) is 0 Å². The maximum absolute atomic E-state index is 14.2. The van der Waals surface area contributed by atoms with Crippen LogP contribution in [0.2, 0.25) is 0 Å². The number of methoxy groups -OCH3 is 1. The molecule has 1 saturated heterocycles. The zero-order valence-electron chi connectivity index (χ0n) is 32.3. The molecule has 7 atom stereocenters. The van der Waals surface area contributed by atoms with Gasteiger partial charge in [0.25, 0.3) is 5.91 Å². The number of thiazole rings is 1. The van der Waals surface area contributed by atoms with Crippen LogP contribution >= 0.6 is 11.3 Å². The number of nitrogens with one attached hydrogen (secondary N) is 2. The van der Waals surface area contributed by atoms with Crippen molar-refractivity contribution in [1.82, 2.24) is 25.4 Å². The van der Waals surface area contributed by atoms with Crippen LogP contribution in [0.15, 0.2) is 35.7 Å². The summed E-state index contributed by atoms with van der Waals surface area (Å²) in [6, 6.07) is 7.96. The minimum absolute atomic E-state index is 0.0388. The number of likely N-dealkylation sites (tertiary alicyclic amines) is 1. The molecule has 2 N–H and O–H groups in total. The number of amides is 3. The number of hydrogen-bond acceptors (Lipinski definition) is 10. The molecule has 0 radical (unpaired) electrons. The van der Waals surface area contributed by atoms with Crippen molar-refractivity contribution in [2.75, 3.05) is 27.7 Å². The average molecular weight is 742 g/mol. The topological polar surface area (TPSA) is 147 Å². The van der Waals surface area contributed by atoms with Crippen LogP contribution in [-0.2, 0) is 35.1 Å². The Kier molecular flexibility index (Phi) is 16.7. The first kappa shape index (κ1) is 42.6. The van der Waals surface area contributed by atoms with E-state index in [-0.39, 0.29) is 59.9 Å². The molecule has 3 rings (SSSR count). The third kappa shape index (κ3) is 12.1. The van der Waals surface area contributed by atoms with E-state index >= 15 is 0 Å². The van der Waals surface area contributed by atoms with Crippen molar-refractivity contribution in [2.45, 2.75) is 117 Å². The quantitative estimate of drug-likeness (QED) is 0.198. The predicted octanol–water partition coefficient (Wildman–Crippen LogP) is 5.18. The number of aromatic nitrogens is 1. The Morgan fingerprint density at radius 2 is 1.73 bits per heavy atom. The number of likely N-dealkylation sites (N-methyl/N-ethyl adjacent to an activating group) is 2. The number of rotatable bonds is 18. The summed E-state index contributed by atoms with van der Waals surface area (Å²) in [5.74, 6) is -2.19. The van der Waals surface area contributed by atoms with E-state index in [0.717, 1.165) is 31.4 Å². The molecule has 0 aliphatic carbocycles. The van der Waals surface area contributed by atoms with E-state index in [1.807, 2.05) is 65.1 Å². The Balaban J connectivity index is 1.81. The first-order valence-corrected chi connectivity index (χ1v) is 19.4. The number of benzene rings is 1. The van der Waals surface area contributed by atoms with Gasteiger partial charge in [0.1, 0.15) is 16.7 Å². The summed E-state index contributed by atoms with van der Waals surface area (Å²) in [5.41, 5.74) is 1.17. The van der Waals surface area contributed by atoms with Gasteiger partial charge < -0.3 is 25.0 Å². The van der Waals surface area contributed by atoms with Gasteiger partial charge in [0.15, 0.2) is 6.10 Å². The van der Waals surface area contributed by atoms with E-state index in [2.05, 4.69) is 20.5 Å². The van der Waals surface area contributed by atoms with Crippen LogP contribution in [0, 0.1) is 17.8 Å². The zero-order valence-corrected chi connectivity index (χ0v) is 33.2. The molecule has 13 heteroatoms. The molecule has 52 heavy (non-hydrogen) atoms. The molecular formula is C39H59N5O7S. The molecule has 1 aliphatic heterocycles. The summed E-state index contributed by atoms with van der Waals surface area (Å²) in [5, 5.41) is 8.19. The molecule has 0 spiro atoms. The number of esters is 2. The molecule has 1 aromatic heterocycles. The number of ether oxygens (including phenoxy) is 2. The molecule has 1 aromatic carbocycles. The van der Waals surface area contributed by atoms with E-state index in [0.29, 0.717) is 24.3 Å². The predicted molar refractivity (Wildman–Crippen MR) is 201 cm³/mol. The molecule has 3 amide bonds. The van der Waals surface area contributed by atoms with Gasteiger partial charge in [-0.25, -0.2) is 4.98 Å². The normalized spacial score (nSPS) is 18.3. The highest BCUT2D eigenvalue weighted by Crippen LogP contribution is 2.31. The number of carbonyl (C=O) groups excluding carboxylic acids is 5. The van der Waals surface area contributed by atoms with Crippen molar-refractivity contribution in [3.63, 3.8) is 0 Å². The second-order valence-corrected chi connectivity index (χ2v) is 15.4. The molecular weight excluding hydrogens is 683 g/mol. The number of piperidine rings is 1. The highest BCUT2D eigenvalue weighted by atomic mass is 32.1. The maximum atomic E-state index is 14.2. The van der Waals surface area contributed by atoms with Gasteiger partial charge in [0, 0.05) is 37.9 Å². The third-order valence-electron chi connectivity index (χ3n) is 10.2. The molecule has 2 aromatic rings. The number of carbonyl (C=O) groups is 5. The van der Waals surface area contributed by atoms with Crippen LogP contribution in [0.25, 0.3) is 0 Å². The lowest BCUT2D eigenvalue weighted by atomic mass is 9.92. The van der Waals surface area contributed by atoms with Crippen molar-refractivity contribution in [2.24, 2.45) is 17.8 Å². The van der Waals surface area contributed by atoms with E-state index < -0.39 is 29.9 Å². The number of hydrogen-bond donors (Lipinski definition) is 2. The van der Waals surface area contributed by atoms with Crippen LogP contribution < -0.4 is 10.6 Å². The lowest BCUT2D eigenvalue weighted by Crippen LogP contribution is -2.58. The molecule has 1 aliphatic rings. The lowest BCUT2D eigenvalue weighted by Gasteiger charge is -2.38. The fourth-order valence-electron chi connectivity index (χ4n) is 6.83. The molecule has 1 fully saturated rings. The Bertz CT molecular complexity index is 1480. The maximum Gasteiger partial charge on any atom is 0.308 e. The van der Waals surface area contributed by atoms with Crippen LogP contribution in [-0.4, -0.2) is 96.4 Å². The van der Waals surface area contributed by atoms with Gasteiger partial charge >= 0.3 is 11.9 Å². The van der Waals surface area contributed by atoms with E-state index in [4.69, 9.17) is 9.47 Å². The SMILES string of the molecule is CC[C@H](C)[C@H](NC(=O)[C@H]1CCCCN1C)C(=O)N(C)[C@H](C[C@@H](OC(C)=O)c1nc(C(=O)N[C@@H](Cc2ccccc2)C[C@H](C)C(=O)OC)cs1)C(C)C. The fourth-order valence-corrected chi connectivity index (χ4v) is 7.67. The summed E-state index contributed by atoms with van der Waals surface area (Å²) in [7, 11) is 5.02. The van der Waals surface area contributed by atoms with Crippen molar-refractivity contribution < 1.29 is 33.4 Å². The van der Waals surface area contributed by atoms with Gasteiger partial charge in [-0.15, -0.1) is 11.3 Å². The van der Waals surface area contributed by atoms with Crippen molar-refractivity contribution in [1.29, 1.82) is 0 Å². The molecule has 288 valence electrons. The van der Waals surface area contributed by atoms with Crippen LogP contribution in [0.3, 0.4) is 0 Å². The van der Waals surface area contributed by atoms with E-state index in [9.17, 15) is 24.0 Å². The Morgan fingerprint density at radius 3 is 2.33 bits per heavy atom. The van der Waals surface area contributed by atoms with Gasteiger partial charge in [-0.05, 0) is 56.7 Å². The molecule has 12 nitrogen and oxygen atoms in total. The standard InChI is InChI=1S/C39H59N5O7S/c1-10-25(4)34(42-36(47)31-18-14-15-19-43(31)7)38(48)44(8)32(24(2)3)22-33(51-27(6)45)37-41-30(23-52-37)35(46)40-29(20-26(5)39(49)50-9)21-28-16-12-11-13-17-28/h11-13,16-17,23-26,29,31-34H,10,14-15,18-22H2,1-9H3,(H,40,46)(H,42,47)/t25-,26-,29+,31+,32+,33+,34-/m0/s1. The Hall–Kier alpha value is -3.84. The monoisotopic (exact) mass is 741 g/mol. The third-order valence-corrected chi connectivity index (χ3v) is 11.1. The van der Waals surface area contributed by atoms with Gasteiger partial charge in [0.05, 0.1) is 19.1 Å². The smallest absolute Gasteiger partial charge is 0.308 e. The minimum atomic E-state index is -0.821. The van der Waals surface area contributed by atoms with Crippen molar-refractivity contribution in [3.8, 4) is 0 Å². The van der Waals surface area contributed by atoms with Crippen LogP contribution in [0.4, 0.5) is 0 Å². The van der Waals surface area contributed by atoms with Crippen molar-refractivity contribution in [3.05, 3.63) is 52.0 Å². The van der Waals surface area contributed by atoms with Gasteiger partial charge in [0.2, 0.25) is 11.8 Å². The Labute approximate surface area is 313 Å². The lowest BCUT2D eigenvalue weighted by molar-refractivity contribution is -0.149. The Morgan fingerprint density at radius 1 is 1.04 bits per heavy atom. The second-order valence-electron chi connectivity index (χ2n) is 14.5. The van der Waals surface area contributed by atoms with E-state index in [1.54, 1.807) is 24.3 Å². The van der Waals surface area contributed by atoms with Gasteiger partial charge in [-0.1, -0.05) is 77.8 Å². The molecule has 0 saturated carbocycles. The van der Waals surface area contributed by atoms with Crippen molar-refractivity contribution >= 4 is 41.0 Å². The molecule has 0 unspecified atom stereocenters. The summed E-state index contributed by atoms with van der Waals surface area (Å²) in [6.45, 7) is 11.9. The first-order chi connectivity index (χ1) is 24.7. The highest BCUT2D eigenvalue weighted by molar-refractivity contribution is 7.09. The second kappa shape index (κ2) is 20.4.